The summed E-state index contributed by atoms with van der Waals surface area (Å²) in [6, 6.07) is 15.4. The van der Waals surface area contributed by atoms with E-state index in [0.717, 1.165) is 17.9 Å². The zero-order chi connectivity index (χ0) is 19.1. The van der Waals surface area contributed by atoms with Crippen molar-refractivity contribution in [1.29, 1.82) is 0 Å². The molecule has 0 saturated heterocycles. The molecular formula is C25H29FO. The van der Waals surface area contributed by atoms with Crippen LogP contribution in [-0.2, 0) is 4.74 Å². The molecule has 1 fully saturated rings. The molecule has 0 bridgehead atoms. The number of benzene rings is 2. The number of ether oxygens (including phenoxy) is 1. The van der Waals surface area contributed by atoms with Crippen LogP contribution < -0.4 is 0 Å². The summed E-state index contributed by atoms with van der Waals surface area (Å²) < 4.78 is 20.2. The van der Waals surface area contributed by atoms with Gasteiger partial charge in [0.05, 0.1) is 6.61 Å². The number of allylic oxidation sites excluding steroid dienone is 1. The van der Waals surface area contributed by atoms with Crippen molar-refractivity contribution in [2.24, 2.45) is 5.92 Å². The van der Waals surface area contributed by atoms with Crippen LogP contribution in [0, 0.1) is 11.7 Å². The third-order valence-electron chi connectivity index (χ3n) is 5.63. The van der Waals surface area contributed by atoms with Crippen molar-refractivity contribution in [3.8, 4) is 0 Å². The van der Waals surface area contributed by atoms with Crippen molar-refractivity contribution in [1.82, 2.24) is 0 Å². The fourth-order valence-corrected chi connectivity index (χ4v) is 4.13. The lowest BCUT2D eigenvalue weighted by Crippen LogP contribution is -2.13. The Morgan fingerprint density at radius 3 is 2.30 bits per heavy atom. The van der Waals surface area contributed by atoms with E-state index in [0.29, 0.717) is 18.1 Å². The summed E-state index contributed by atoms with van der Waals surface area (Å²) in [7, 11) is 0. The van der Waals surface area contributed by atoms with Gasteiger partial charge in [0.2, 0.25) is 0 Å². The Kier molecular flexibility index (Phi) is 7.00. The van der Waals surface area contributed by atoms with Crippen molar-refractivity contribution < 1.29 is 9.13 Å². The first-order valence-electron chi connectivity index (χ1n) is 9.90. The van der Waals surface area contributed by atoms with E-state index in [1.807, 2.05) is 12.1 Å². The van der Waals surface area contributed by atoms with Gasteiger partial charge in [-0.15, -0.1) is 13.2 Å². The molecule has 0 aromatic heterocycles. The minimum Gasteiger partial charge on any atom is -0.365 e. The van der Waals surface area contributed by atoms with Crippen LogP contribution in [0.1, 0.15) is 60.8 Å². The van der Waals surface area contributed by atoms with Gasteiger partial charge < -0.3 is 4.74 Å². The lowest BCUT2D eigenvalue weighted by molar-refractivity contribution is 0.101. The van der Waals surface area contributed by atoms with Gasteiger partial charge in [-0.1, -0.05) is 54.6 Å². The predicted octanol–water partition coefficient (Wildman–Crippen LogP) is 6.97. The molecule has 0 spiro atoms. The van der Waals surface area contributed by atoms with Gasteiger partial charge in [0.15, 0.2) is 0 Å². The zero-order valence-corrected chi connectivity index (χ0v) is 15.9. The van der Waals surface area contributed by atoms with E-state index < -0.39 is 6.10 Å². The summed E-state index contributed by atoms with van der Waals surface area (Å²) in [5, 5.41) is 0. The average Bonchev–Trinajstić information content (AvgIpc) is 2.71. The zero-order valence-electron chi connectivity index (χ0n) is 15.9. The Morgan fingerprint density at radius 2 is 1.67 bits per heavy atom. The van der Waals surface area contributed by atoms with Crippen LogP contribution in [0.25, 0.3) is 0 Å². The maximum absolute atomic E-state index is 14.3. The normalized spacial score (nSPS) is 20.8. The molecule has 142 valence electrons. The quantitative estimate of drug-likeness (QED) is 0.460. The Balaban J connectivity index is 1.75. The second kappa shape index (κ2) is 9.66. The highest BCUT2D eigenvalue weighted by Crippen LogP contribution is 2.38. The first kappa shape index (κ1) is 19.6. The Labute approximate surface area is 162 Å². The lowest BCUT2D eigenvalue weighted by Gasteiger charge is -2.28. The van der Waals surface area contributed by atoms with Gasteiger partial charge in [0, 0.05) is 5.56 Å². The molecule has 2 aromatic carbocycles. The van der Waals surface area contributed by atoms with E-state index in [1.54, 1.807) is 18.2 Å². The monoisotopic (exact) mass is 364 g/mol. The first-order valence-corrected chi connectivity index (χ1v) is 9.90. The number of hydrogen-bond donors (Lipinski definition) is 0. The van der Waals surface area contributed by atoms with E-state index in [-0.39, 0.29) is 5.82 Å². The summed E-state index contributed by atoms with van der Waals surface area (Å²) in [5.41, 5.74) is 2.93. The van der Waals surface area contributed by atoms with E-state index in [1.165, 1.54) is 37.3 Å². The standard InChI is InChI=1S/C25H29FO/c1-3-7-19-10-12-20(13-11-19)21-14-16-22(17-15-21)25(27-18-4-2)23-8-5-6-9-24(23)26/h3-6,8-9,14-17,19-20,25H,1-2,7,10-13,18H2/t19-,20-,25?. The second-order valence-electron chi connectivity index (χ2n) is 7.43. The molecule has 0 N–H and O–H groups in total. The highest BCUT2D eigenvalue weighted by atomic mass is 19.1. The van der Waals surface area contributed by atoms with E-state index in [4.69, 9.17) is 4.74 Å². The molecule has 1 atom stereocenters. The lowest BCUT2D eigenvalue weighted by atomic mass is 9.77. The van der Waals surface area contributed by atoms with Gasteiger partial charge >= 0.3 is 0 Å². The molecule has 1 aliphatic carbocycles. The Bertz CT molecular complexity index is 741. The third kappa shape index (κ3) is 4.95. The fraction of sp³-hybridized carbons (Fsp3) is 0.360. The predicted molar refractivity (Wildman–Crippen MR) is 110 cm³/mol. The molecular weight excluding hydrogens is 335 g/mol. The molecule has 1 aliphatic rings. The molecule has 1 unspecified atom stereocenters. The van der Waals surface area contributed by atoms with Crippen molar-refractivity contribution in [3.63, 3.8) is 0 Å². The molecule has 3 rings (SSSR count). The smallest absolute Gasteiger partial charge is 0.129 e. The van der Waals surface area contributed by atoms with Crippen LogP contribution in [-0.4, -0.2) is 6.61 Å². The highest BCUT2D eigenvalue weighted by molar-refractivity contribution is 5.34. The van der Waals surface area contributed by atoms with Crippen molar-refractivity contribution in [2.45, 2.75) is 44.1 Å². The summed E-state index contributed by atoms with van der Waals surface area (Å²) >= 11 is 0. The molecule has 1 nitrogen and oxygen atoms in total. The number of hydrogen-bond acceptors (Lipinski definition) is 1. The molecule has 2 heteroatoms. The molecule has 27 heavy (non-hydrogen) atoms. The summed E-state index contributed by atoms with van der Waals surface area (Å²) in [4.78, 5) is 0. The molecule has 0 aliphatic heterocycles. The molecule has 0 radical (unpaired) electrons. The Morgan fingerprint density at radius 1 is 0.963 bits per heavy atom. The van der Waals surface area contributed by atoms with Crippen LogP contribution in [0.15, 0.2) is 73.8 Å². The van der Waals surface area contributed by atoms with Gasteiger partial charge in [-0.05, 0) is 61.1 Å². The SMILES string of the molecule is C=CCOC(c1ccc([C@H]2CC[C@H](CC=C)CC2)cc1)c1ccccc1F. The molecule has 0 heterocycles. The Hall–Kier alpha value is -2.19. The minimum absolute atomic E-state index is 0.240. The molecule has 0 amide bonds. The van der Waals surface area contributed by atoms with Crippen molar-refractivity contribution in [2.75, 3.05) is 6.61 Å². The topological polar surface area (TPSA) is 9.23 Å². The van der Waals surface area contributed by atoms with E-state index in [2.05, 4.69) is 37.4 Å². The summed E-state index contributed by atoms with van der Waals surface area (Å²) in [6.45, 7) is 7.96. The number of halogens is 1. The van der Waals surface area contributed by atoms with E-state index >= 15 is 0 Å². The van der Waals surface area contributed by atoms with Crippen LogP contribution >= 0.6 is 0 Å². The van der Waals surface area contributed by atoms with Gasteiger partial charge in [0.25, 0.3) is 0 Å². The van der Waals surface area contributed by atoms with Gasteiger partial charge in [0.1, 0.15) is 11.9 Å². The largest absolute Gasteiger partial charge is 0.365 e. The summed E-state index contributed by atoms with van der Waals surface area (Å²) in [5.74, 6) is 1.19. The summed E-state index contributed by atoms with van der Waals surface area (Å²) in [6.07, 6.45) is 9.49. The highest BCUT2D eigenvalue weighted by Gasteiger charge is 2.23. The molecule has 2 aromatic rings. The molecule has 1 saturated carbocycles. The maximum atomic E-state index is 14.3. The van der Waals surface area contributed by atoms with Crippen molar-refractivity contribution in [3.05, 3.63) is 96.3 Å². The van der Waals surface area contributed by atoms with Crippen LogP contribution in [0.4, 0.5) is 4.39 Å². The van der Waals surface area contributed by atoms with Gasteiger partial charge in [-0.2, -0.15) is 0 Å². The second-order valence-corrected chi connectivity index (χ2v) is 7.43. The van der Waals surface area contributed by atoms with Crippen LogP contribution in [0.2, 0.25) is 0 Å². The van der Waals surface area contributed by atoms with Gasteiger partial charge in [-0.25, -0.2) is 4.39 Å². The average molecular weight is 365 g/mol. The fourth-order valence-electron chi connectivity index (χ4n) is 4.13. The maximum Gasteiger partial charge on any atom is 0.129 e. The van der Waals surface area contributed by atoms with E-state index in [9.17, 15) is 4.39 Å². The minimum atomic E-state index is -0.415. The van der Waals surface area contributed by atoms with Crippen LogP contribution in [0.3, 0.4) is 0 Å². The third-order valence-corrected chi connectivity index (χ3v) is 5.63. The van der Waals surface area contributed by atoms with Gasteiger partial charge in [-0.3, -0.25) is 0 Å². The van der Waals surface area contributed by atoms with Crippen molar-refractivity contribution >= 4 is 0 Å². The number of rotatable bonds is 8. The van der Waals surface area contributed by atoms with Crippen LogP contribution in [0.5, 0.6) is 0 Å². The first-order chi connectivity index (χ1) is 13.2.